The van der Waals surface area contributed by atoms with Crippen LogP contribution < -0.4 is 12.4 Å². The van der Waals surface area contributed by atoms with Crippen LogP contribution in [0.3, 0.4) is 0 Å². The maximum Gasteiger partial charge on any atom is 3.00 e. The summed E-state index contributed by atoms with van der Waals surface area (Å²) < 4.78 is 0. The first-order valence-corrected chi connectivity index (χ1v) is 4.15. The van der Waals surface area contributed by atoms with Crippen LogP contribution in [-0.4, -0.2) is 0 Å². The minimum Gasteiger partial charge on any atom is -1.00 e. The molecular formula is C12H14ClCr. The monoisotopic (exact) mass is 245 g/mol. The van der Waals surface area contributed by atoms with Gasteiger partial charge in [0.25, 0.3) is 0 Å². The van der Waals surface area contributed by atoms with Crippen LogP contribution in [0, 0.1) is 13.8 Å². The molecule has 2 rings (SSSR count). The normalized spacial score (nSPS) is 7.57. The molecule has 0 N–H and O–H groups in total. The summed E-state index contributed by atoms with van der Waals surface area (Å²) in [5, 5.41) is 0. The largest absolute Gasteiger partial charge is 3.00 e. The molecule has 0 aliphatic rings. The Labute approximate surface area is 103 Å². The molecule has 1 radical (unpaired) electrons. The van der Waals surface area contributed by atoms with Gasteiger partial charge in [0, 0.05) is 0 Å². The minimum atomic E-state index is 0. The molecule has 2 aromatic carbocycles. The fourth-order valence-electron chi connectivity index (χ4n) is 0.940. The number of aryl methyl sites for hydroxylation is 2. The van der Waals surface area contributed by atoms with Gasteiger partial charge in [-0.2, -0.15) is 36.4 Å². The Morgan fingerprint density at radius 2 is 1.21 bits per heavy atom. The molecule has 0 bridgehead atoms. The van der Waals surface area contributed by atoms with Crippen molar-refractivity contribution in [3.63, 3.8) is 0 Å². The fraction of sp³-hybridized carbons (Fsp3) is 0.167. The molecule has 0 nitrogen and oxygen atoms in total. The summed E-state index contributed by atoms with van der Waals surface area (Å²) in [7, 11) is 0. The van der Waals surface area contributed by atoms with Gasteiger partial charge >= 0.3 is 17.4 Å². The number of rotatable bonds is 0. The second kappa shape index (κ2) is 9.09. The molecule has 14 heavy (non-hydrogen) atoms. The van der Waals surface area contributed by atoms with Crippen molar-refractivity contribution in [3.05, 3.63) is 59.7 Å². The predicted octanol–water partition coefficient (Wildman–Crippen LogP) is 0.429. The van der Waals surface area contributed by atoms with Crippen LogP contribution in [0.2, 0.25) is 0 Å². The standard InChI is InChI=1S/2C6H7.ClH.Cr/c2*1-6-4-2-3-5-6;;/h2*2-5H,1H3;1H;/q2*-1;;+3/p-1. The van der Waals surface area contributed by atoms with E-state index in [1.54, 1.807) is 0 Å². The molecular weight excluding hydrogens is 232 g/mol. The van der Waals surface area contributed by atoms with E-state index in [-0.39, 0.29) is 29.8 Å². The molecule has 0 amide bonds. The van der Waals surface area contributed by atoms with Gasteiger partial charge < -0.3 is 12.4 Å². The predicted molar refractivity (Wildman–Crippen MR) is 53.5 cm³/mol. The number of halogens is 1. The summed E-state index contributed by atoms with van der Waals surface area (Å²) in [5.74, 6) is 0. The third-order valence-corrected chi connectivity index (χ3v) is 1.66. The average molecular weight is 246 g/mol. The van der Waals surface area contributed by atoms with E-state index in [2.05, 4.69) is 38.1 Å². The van der Waals surface area contributed by atoms with Crippen LogP contribution >= 0.6 is 0 Å². The quantitative estimate of drug-likeness (QED) is 0.591. The van der Waals surface area contributed by atoms with Crippen molar-refractivity contribution < 1.29 is 29.8 Å². The summed E-state index contributed by atoms with van der Waals surface area (Å²) in [6.07, 6.45) is 0. The van der Waals surface area contributed by atoms with Gasteiger partial charge in [0.05, 0.1) is 0 Å². The van der Waals surface area contributed by atoms with E-state index in [1.807, 2.05) is 24.3 Å². The van der Waals surface area contributed by atoms with Gasteiger partial charge in [-0.1, -0.05) is 13.8 Å². The van der Waals surface area contributed by atoms with Crippen molar-refractivity contribution in [1.29, 1.82) is 0 Å². The van der Waals surface area contributed by atoms with Crippen molar-refractivity contribution >= 4 is 0 Å². The average Bonchev–Trinajstić information content (AvgIpc) is 2.63. The minimum absolute atomic E-state index is 0. The Bertz CT molecular complexity index is 250. The van der Waals surface area contributed by atoms with E-state index < -0.39 is 0 Å². The van der Waals surface area contributed by atoms with E-state index in [0.29, 0.717) is 0 Å². The van der Waals surface area contributed by atoms with Crippen LogP contribution in [0.1, 0.15) is 11.1 Å². The molecule has 2 heteroatoms. The van der Waals surface area contributed by atoms with Gasteiger partial charge in [0.15, 0.2) is 0 Å². The topological polar surface area (TPSA) is 0 Å². The second-order valence-electron chi connectivity index (χ2n) is 2.92. The molecule has 0 fully saturated rings. The maximum atomic E-state index is 2.08. The summed E-state index contributed by atoms with van der Waals surface area (Å²) >= 11 is 0. The smallest absolute Gasteiger partial charge is 1.00 e. The maximum absolute atomic E-state index is 2.08. The van der Waals surface area contributed by atoms with Crippen LogP contribution in [-0.2, 0) is 17.4 Å². The van der Waals surface area contributed by atoms with E-state index in [1.165, 1.54) is 11.1 Å². The van der Waals surface area contributed by atoms with Crippen LogP contribution in [0.15, 0.2) is 48.5 Å². The zero-order valence-electron chi connectivity index (χ0n) is 8.41. The van der Waals surface area contributed by atoms with Crippen LogP contribution in [0.25, 0.3) is 0 Å². The van der Waals surface area contributed by atoms with Gasteiger partial charge in [-0.3, -0.25) is 0 Å². The van der Waals surface area contributed by atoms with Gasteiger partial charge in [0.2, 0.25) is 0 Å². The molecule has 0 aliphatic heterocycles. The SMILES string of the molecule is Cc1cc[cH-]c1.Cc1cc[cH-]c1.[Cl-].[Cr+3]. The van der Waals surface area contributed by atoms with E-state index >= 15 is 0 Å². The first-order valence-electron chi connectivity index (χ1n) is 4.15. The second-order valence-corrected chi connectivity index (χ2v) is 2.92. The first-order chi connectivity index (χ1) is 5.79. The molecule has 0 spiro atoms. The van der Waals surface area contributed by atoms with Gasteiger partial charge in [-0.25, -0.2) is 23.3 Å². The fourth-order valence-corrected chi connectivity index (χ4v) is 0.940. The van der Waals surface area contributed by atoms with Gasteiger partial charge in [-0.05, 0) is 0 Å². The molecule has 0 aromatic heterocycles. The van der Waals surface area contributed by atoms with Gasteiger partial charge in [0.1, 0.15) is 0 Å². The molecule has 0 heterocycles. The Kier molecular flexibility index (Phi) is 10.4. The van der Waals surface area contributed by atoms with E-state index in [9.17, 15) is 0 Å². The van der Waals surface area contributed by atoms with Crippen molar-refractivity contribution in [2.75, 3.05) is 0 Å². The van der Waals surface area contributed by atoms with E-state index in [4.69, 9.17) is 0 Å². The third kappa shape index (κ3) is 6.98. The molecule has 0 aliphatic carbocycles. The Morgan fingerprint density at radius 1 is 0.857 bits per heavy atom. The molecule has 0 atom stereocenters. The Morgan fingerprint density at radius 3 is 1.29 bits per heavy atom. The van der Waals surface area contributed by atoms with Gasteiger partial charge in [-0.15, -0.1) is 0 Å². The first kappa shape index (κ1) is 16.0. The molecule has 75 valence electrons. The zero-order chi connectivity index (χ0) is 8.81. The molecule has 0 unspecified atom stereocenters. The summed E-state index contributed by atoms with van der Waals surface area (Å²) in [4.78, 5) is 0. The van der Waals surface area contributed by atoms with Crippen molar-refractivity contribution in [3.8, 4) is 0 Å². The zero-order valence-corrected chi connectivity index (χ0v) is 10.4. The van der Waals surface area contributed by atoms with Crippen LogP contribution in [0.5, 0.6) is 0 Å². The molecule has 0 saturated heterocycles. The third-order valence-electron chi connectivity index (χ3n) is 1.66. The summed E-state index contributed by atoms with van der Waals surface area (Å²) in [6.45, 7) is 4.17. The van der Waals surface area contributed by atoms with Crippen molar-refractivity contribution in [1.82, 2.24) is 0 Å². The number of hydrogen-bond donors (Lipinski definition) is 0. The summed E-state index contributed by atoms with van der Waals surface area (Å²) in [6, 6.07) is 16.5. The van der Waals surface area contributed by atoms with Crippen LogP contribution in [0.4, 0.5) is 0 Å². The van der Waals surface area contributed by atoms with Crippen molar-refractivity contribution in [2.45, 2.75) is 13.8 Å². The number of hydrogen-bond acceptors (Lipinski definition) is 0. The summed E-state index contributed by atoms with van der Waals surface area (Å²) in [5.41, 5.74) is 2.69. The molecule has 0 saturated carbocycles. The molecule has 2 aromatic rings. The van der Waals surface area contributed by atoms with Crippen molar-refractivity contribution in [2.24, 2.45) is 0 Å². The van der Waals surface area contributed by atoms with E-state index in [0.717, 1.165) is 0 Å². The Hall–Kier alpha value is -0.478. The Balaban J connectivity index is 0.